The molecule has 0 unspecified atom stereocenters. The van der Waals surface area contributed by atoms with Gasteiger partial charge in [-0.15, -0.1) is 0 Å². The smallest absolute Gasteiger partial charge is 0.343 e. The van der Waals surface area contributed by atoms with Crippen molar-refractivity contribution in [3.63, 3.8) is 0 Å². The molecule has 1 aromatic heterocycles. The number of esters is 1. The van der Waals surface area contributed by atoms with Gasteiger partial charge in [0.1, 0.15) is 16.5 Å². The number of carbonyl (C=O) groups excluding carboxylic acids is 2. The summed E-state index contributed by atoms with van der Waals surface area (Å²) in [5.41, 5.74) is 1.48. The second-order valence-electron chi connectivity index (χ2n) is 5.51. The number of methoxy groups -OCH3 is 1. The van der Waals surface area contributed by atoms with E-state index in [0.717, 1.165) is 5.56 Å². The molecular formula is C17H20ClN3O4. The van der Waals surface area contributed by atoms with E-state index < -0.39 is 5.97 Å². The fraction of sp³-hybridized carbons (Fsp3) is 0.353. The summed E-state index contributed by atoms with van der Waals surface area (Å²) in [6.07, 6.45) is 0. The first-order chi connectivity index (χ1) is 11.8. The number of benzene rings is 1. The Morgan fingerprint density at radius 3 is 2.60 bits per heavy atom. The first-order valence-electron chi connectivity index (χ1n) is 7.57. The van der Waals surface area contributed by atoms with Crippen LogP contribution in [0.25, 0.3) is 0 Å². The molecule has 2 rings (SSSR count). The zero-order valence-electron chi connectivity index (χ0n) is 14.6. The molecule has 0 saturated heterocycles. The van der Waals surface area contributed by atoms with E-state index >= 15 is 0 Å². The minimum Gasteiger partial charge on any atom is -0.496 e. The lowest BCUT2D eigenvalue weighted by molar-refractivity contribution is -0.133. The van der Waals surface area contributed by atoms with Gasteiger partial charge in [0.05, 0.1) is 12.8 Å². The molecule has 0 radical (unpaired) electrons. The van der Waals surface area contributed by atoms with Crippen LogP contribution in [-0.2, 0) is 23.1 Å². The highest BCUT2D eigenvalue weighted by molar-refractivity contribution is 6.32. The van der Waals surface area contributed by atoms with Crippen LogP contribution in [0.1, 0.15) is 21.6 Å². The molecule has 0 spiro atoms. The Hall–Kier alpha value is -2.54. The largest absolute Gasteiger partial charge is 0.496 e. The number of nitrogens with zero attached hydrogens (tertiary/aromatic N) is 3. The molecule has 1 heterocycles. The van der Waals surface area contributed by atoms with Crippen molar-refractivity contribution in [3.05, 3.63) is 46.2 Å². The normalized spacial score (nSPS) is 10.4. The lowest BCUT2D eigenvalue weighted by Gasteiger charge is -2.18. The first-order valence-corrected chi connectivity index (χ1v) is 7.95. The Morgan fingerprint density at radius 2 is 2.00 bits per heavy atom. The monoisotopic (exact) mass is 365 g/mol. The predicted molar refractivity (Wildman–Crippen MR) is 92.7 cm³/mol. The molecule has 25 heavy (non-hydrogen) atoms. The second kappa shape index (κ2) is 8.02. The van der Waals surface area contributed by atoms with Crippen molar-refractivity contribution in [3.8, 4) is 5.75 Å². The number of amides is 1. The number of rotatable bonds is 6. The van der Waals surface area contributed by atoms with Gasteiger partial charge in [0.2, 0.25) is 0 Å². The highest BCUT2D eigenvalue weighted by Gasteiger charge is 2.22. The van der Waals surface area contributed by atoms with Gasteiger partial charge in [-0.2, -0.15) is 5.10 Å². The third-order valence-electron chi connectivity index (χ3n) is 3.71. The Labute approximate surface area is 151 Å². The van der Waals surface area contributed by atoms with Gasteiger partial charge in [0.25, 0.3) is 5.91 Å². The summed E-state index contributed by atoms with van der Waals surface area (Å²) in [6.45, 7) is 1.61. The molecule has 2 aromatic rings. The maximum Gasteiger partial charge on any atom is 0.343 e. The molecule has 0 fully saturated rings. The molecule has 0 aliphatic carbocycles. The maximum absolute atomic E-state index is 12.2. The Bertz CT molecular complexity index is 788. The SMILES string of the molecule is COc1ccccc1CN(C)C(=O)COC(=O)c1c(C)nn(C)c1Cl. The molecule has 0 saturated carbocycles. The van der Waals surface area contributed by atoms with Gasteiger partial charge in [-0.3, -0.25) is 9.48 Å². The highest BCUT2D eigenvalue weighted by atomic mass is 35.5. The number of hydrogen-bond donors (Lipinski definition) is 0. The van der Waals surface area contributed by atoms with Crippen LogP contribution in [0, 0.1) is 6.92 Å². The van der Waals surface area contributed by atoms with Crippen LogP contribution in [0.5, 0.6) is 5.75 Å². The molecule has 0 bridgehead atoms. The molecular weight excluding hydrogens is 346 g/mol. The average molecular weight is 366 g/mol. The van der Waals surface area contributed by atoms with Gasteiger partial charge in [0.15, 0.2) is 6.61 Å². The van der Waals surface area contributed by atoms with Crippen LogP contribution in [0.3, 0.4) is 0 Å². The minimum atomic E-state index is -0.672. The van der Waals surface area contributed by atoms with Crippen molar-refractivity contribution >= 4 is 23.5 Å². The summed E-state index contributed by atoms with van der Waals surface area (Å²) >= 11 is 6.02. The van der Waals surface area contributed by atoms with E-state index in [-0.39, 0.29) is 23.2 Å². The average Bonchev–Trinajstić information content (AvgIpc) is 2.85. The molecule has 8 heteroatoms. The van der Waals surface area contributed by atoms with Gasteiger partial charge >= 0.3 is 5.97 Å². The van der Waals surface area contributed by atoms with Gasteiger partial charge < -0.3 is 14.4 Å². The molecule has 0 aliphatic heterocycles. The van der Waals surface area contributed by atoms with E-state index in [4.69, 9.17) is 21.1 Å². The zero-order chi connectivity index (χ0) is 18.6. The fourth-order valence-electron chi connectivity index (χ4n) is 2.35. The van der Waals surface area contributed by atoms with Crippen LogP contribution < -0.4 is 4.74 Å². The number of hydrogen-bond acceptors (Lipinski definition) is 5. The molecule has 0 N–H and O–H groups in total. The summed E-state index contributed by atoms with van der Waals surface area (Å²) in [5, 5.41) is 4.22. The number of halogens is 1. The van der Waals surface area contributed by atoms with Crippen molar-refractivity contribution in [1.29, 1.82) is 0 Å². The lowest BCUT2D eigenvalue weighted by Crippen LogP contribution is -2.31. The molecule has 0 atom stereocenters. The number of aryl methyl sites for hydroxylation is 2. The Kier molecular flexibility index (Phi) is 6.03. The topological polar surface area (TPSA) is 73.7 Å². The van der Waals surface area contributed by atoms with E-state index in [1.54, 1.807) is 28.1 Å². The van der Waals surface area contributed by atoms with E-state index in [0.29, 0.717) is 18.0 Å². The quantitative estimate of drug-likeness (QED) is 0.734. The molecule has 1 aromatic carbocycles. The highest BCUT2D eigenvalue weighted by Crippen LogP contribution is 2.20. The second-order valence-corrected chi connectivity index (χ2v) is 5.87. The Morgan fingerprint density at radius 1 is 1.32 bits per heavy atom. The number of likely N-dealkylation sites (N-methyl/N-ethyl adjacent to an activating group) is 1. The van der Waals surface area contributed by atoms with Crippen molar-refractivity contribution in [2.24, 2.45) is 7.05 Å². The molecule has 7 nitrogen and oxygen atoms in total. The predicted octanol–water partition coefficient (Wildman–Crippen LogP) is 2.21. The fourth-order valence-corrected chi connectivity index (χ4v) is 2.60. The minimum absolute atomic E-state index is 0.171. The van der Waals surface area contributed by atoms with Gasteiger partial charge in [-0.25, -0.2) is 4.79 Å². The number of ether oxygens (including phenoxy) is 2. The van der Waals surface area contributed by atoms with E-state index in [1.807, 2.05) is 24.3 Å². The van der Waals surface area contributed by atoms with Gasteiger partial charge in [0, 0.05) is 26.2 Å². The first kappa shape index (κ1) is 18.8. The van der Waals surface area contributed by atoms with Gasteiger partial charge in [-0.1, -0.05) is 29.8 Å². The van der Waals surface area contributed by atoms with Crippen molar-refractivity contribution in [1.82, 2.24) is 14.7 Å². The zero-order valence-corrected chi connectivity index (χ0v) is 15.3. The van der Waals surface area contributed by atoms with Crippen LogP contribution >= 0.6 is 11.6 Å². The van der Waals surface area contributed by atoms with Crippen LogP contribution in [-0.4, -0.2) is 47.3 Å². The summed E-state index contributed by atoms with van der Waals surface area (Å²) < 4.78 is 11.7. The third-order valence-corrected chi connectivity index (χ3v) is 4.14. The van der Waals surface area contributed by atoms with Crippen LogP contribution in [0.4, 0.5) is 0 Å². The molecule has 1 amide bonds. The number of aromatic nitrogens is 2. The molecule has 134 valence electrons. The summed E-state index contributed by atoms with van der Waals surface area (Å²) in [6, 6.07) is 7.41. The number of para-hydroxylation sites is 1. The summed E-state index contributed by atoms with van der Waals surface area (Å²) in [5.74, 6) is -0.316. The van der Waals surface area contributed by atoms with E-state index in [2.05, 4.69) is 5.10 Å². The van der Waals surface area contributed by atoms with E-state index in [1.165, 1.54) is 9.58 Å². The lowest BCUT2D eigenvalue weighted by atomic mass is 10.2. The van der Waals surface area contributed by atoms with Crippen molar-refractivity contribution < 1.29 is 19.1 Å². The van der Waals surface area contributed by atoms with Crippen molar-refractivity contribution in [2.45, 2.75) is 13.5 Å². The third kappa shape index (κ3) is 4.30. The Balaban J connectivity index is 1.96. The number of carbonyl (C=O) groups is 2. The summed E-state index contributed by atoms with van der Waals surface area (Å²) in [4.78, 5) is 25.8. The summed E-state index contributed by atoms with van der Waals surface area (Å²) in [7, 11) is 4.83. The van der Waals surface area contributed by atoms with E-state index in [9.17, 15) is 9.59 Å². The molecule has 0 aliphatic rings. The van der Waals surface area contributed by atoms with Crippen molar-refractivity contribution in [2.75, 3.05) is 20.8 Å². The maximum atomic E-state index is 12.2. The standard InChI is InChI=1S/C17H20ClN3O4/c1-11-15(16(18)21(3)19-11)17(23)25-10-14(22)20(2)9-12-7-5-6-8-13(12)24-4/h5-8H,9-10H2,1-4H3. The van der Waals surface area contributed by atoms with Gasteiger partial charge in [-0.05, 0) is 13.0 Å². The van der Waals surface area contributed by atoms with Crippen LogP contribution in [0.2, 0.25) is 5.15 Å². The van der Waals surface area contributed by atoms with Crippen LogP contribution in [0.15, 0.2) is 24.3 Å².